The van der Waals surface area contributed by atoms with Crippen molar-refractivity contribution < 1.29 is 4.52 Å². The van der Waals surface area contributed by atoms with E-state index in [1.165, 1.54) is 5.56 Å². The lowest BCUT2D eigenvalue weighted by atomic mass is 10.1. The molecule has 0 fully saturated rings. The summed E-state index contributed by atoms with van der Waals surface area (Å²) < 4.78 is 6.47. The molecule has 0 amide bonds. The molecule has 0 aliphatic carbocycles. The van der Waals surface area contributed by atoms with Crippen LogP contribution in [0.4, 0.5) is 0 Å². The number of aryl methyl sites for hydroxylation is 1. The van der Waals surface area contributed by atoms with Gasteiger partial charge in [-0.2, -0.15) is 0 Å². The minimum absolute atomic E-state index is 0.790. The first kappa shape index (κ1) is 12.2. The van der Waals surface area contributed by atoms with Crippen molar-refractivity contribution in [3.8, 4) is 22.6 Å². The third-order valence-electron chi connectivity index (χ3n) is 2.99. The van der Waals surface area contributed by atoms with Gasteiger partial charge in [-0.3, -0.25) is 0 Å². The lowest BCUT2D eigenvalue weighted by molar-refractivity contribution is 0.435. The Morgan fingerprint density at radius 2 is 1.53 bits per heavy atom. The molecule has 0 saturated carbocycles. The molecule has 2 nitrogen and oxygen atoms in total. The van der Waals surface area contributed by atoms with Gasteiger partial charge >= 0.3 is 0 Å². The highest BCUT2D eigenvalue weighted by Crippen LogP contribution is 2.26. The van der Waals surface area contributed by atoms with Crippen LogP contribution in [-0.2, 0) is 0 Å². The maximum atomic E-state index is 5.41. The molecule has 1 aromatic heterocycles. The smallest absolute Gasteiger partial charge is 0.167 e. The number of hydrogen-bond donors (Lipinski definition) is 0. The highest BCUT2D eigenvalue weighted by Gasteiger charge is 2.08. The first-order valence-corrected chi connectivity index (χ1v) is 6.81. The van der Waals surface area contributed by atoms with Gasteiger partial charge in [0.15, 0.2) is 5.76 Å². The Balaban J connectivity index is 1.95. The predicted molar refractivity (Wildman–Crippen MR) is 79.8 cm³/mol. The normalized spacial score (nSPS) is 10.6. The van der Waals surface area contributed by atoms with Gasteiger partial charge in [-0.25, -0.2) is 0 Å². The van der Waals surface area contributed by atoms with E-state index in [9.17, 15) is 0 Å². The maximum absolute atomic E-state index is 5.41. The van der Waals surface area contributed by atoms with Crippen LogP contribution in [0.5, 0.6) is 0 Å². The molecular formula is C16H12BrNO. The standard InChI is InChI=1S/C16H12BrNO/c1-11-2-4-13(5-3-11)16-10-15(18-19-16)12-6-8-14(17)9-7-12/h2-10H,1H3. The van der Waals surface area contributed by atoms with Gasteiger partial charge in [0, 0.05) is 21.7 Å². The van der Waals surface area contributed by atoms with Gasteiger partial charge in [0.05, 0.1) is 0 Å². The molecule has 0 aliphatic heterocycles. The van der Waals surface area contributed by atoms with Crippen molar-refractivity contribution in [2.75, 3.05) is 0 Å². The van der Waals surface area contributed by atoms with E-state index >= 15 is 0 Å². The first-order valence-electron chi connectivity index (χ1n) is 6.02. The SMILES string of the molecule is Cc1ccc(-c2cc(-c3ccc(Br)cc3)no2)cc1. The van der Waals surface area contributed by atoms with Crippen LogP contribution >= 0.6 is 15.9 Å². The minimum atomic E-state index is 0.790. The second kappa shape index (κ2) is 5.02. The lowest BCUT2D eigenvalue weighted by Crippen LogP contribution is -1.76. The van der Waals surface area contributed by atoms with Crippen LogP contribution in [0.15, 0.2) is 63.6 Å². The zero-order valence-corrected chi connectivity index (χ0v) is 12.0. The number of aromatic nitrogens is 1. The number of hydrogen-bond acceptors (Lipinski definition) is 2. The summed E-state index contributed by atoms with van der Waals surface area (Å²) in [4.78, 5) is 0. The molecule has 2 aromatic carbocycles. The molecule has 94 valence electrons. The zero-order chi connectivity index (χ0) is 13.2. The van der Waals surface area contributed by atoms with Crippen LogP contribution in [0.2, 0.25) is 0 Å². The molecular weight excluding hydrogens is 302 g/mol. The van der Waals surface area contributed by atoms with Crippen molar-refractivity contribution >= 4 is 15.9 Å². The largest absolute Gasteiger partial charge is 0.356 e. The second-order valence-corrected chi connectivity index (χ2v) is 5.36. The Labute approximate surface area is 120 Å². The van der Waals surface area contributed by atoms with Gasteiger partial charge in [-0.1, -0.05) is 63.0 Å². The van der Waals surface area contributed by atoms with Crippen LogP contribution < -0.4 is 0 Å². The van der Waals surface area contributed by atoms with Gasteiger partial charge < -0.3 is 4.52 Å². The van der Waals surface area contributed by atoms with Gasteiger partial charge in [0.25, 0.3) is 0 Å². The Hall–Kier alpha value is -1.87. The van der Waals surface area contributed by atoms with Crippen LogP contribution in [0.1, 0.15) is 5.56 Å². The van der Waals surface area contributed by atoms with Crippen molar-refractivity contribution in [1.82, 2.24) is 5.16 Å². The Morgan fingerprint density at radius 3 is 2.21 bits per heavy atom. The van der Waals surface area contributed by atoms with Crippen LogP contribution in [-0.4, -0.2) is 5.16 Å². The average Bonchev–Trinajstić information content (AvgIpc) is 2.90. The van der Waals surface area contributed by atoms with Crippen LogP contribution in [0.25, 0.3) is 22.6 Å². The summed E-state index contributed by atoms with van der Waals surface area (Å²) in [6, 6.07) is 18.2. The highest BCUT2D eigenvalue weighted by molar-refractivity contribution is 9.10. The third kappa shape index (κ3) is 2.61. The van der Waals surface area contributed by atoms with Crippen LogP contribution in [0.3, 0.4) is 0 Å². The van der Waals surface area contributed by atoms with E-state index in [1.807, 2.05) is 42.5 Å². The summed E-state index contributed by atoms with van der Waals surface area (Å²) in [5.74, 6) is 0.790. The summed E-state index contributed by atoms with van der Waals surface area (Å²) in [6.45, 7) is 2.07. The van der Waals surface area contributed by atoms with E-state index < -0.39 is 0 Å². The van der Waals surface area contributed by atoms with Crippen molar-refractivity contribution in [1.29, 1.82) is 0 Å². The van der Waals surface area contributed by atoms with Gasteiger partial charge in [0.2, 0.25) is 0 Å². The fourth-order valence-corrected chi connectivity index (χ4v) is 2.15. The van der Waals surface area contributed by atoms with E-state index in [2.05, 4.69) is 40.1 Å². The fourth-order valence-electron chi connectivity index (χ4n) is 1.89. The molecule has 3 aromatic rings. The topological polar surface area (TPSA) is 26.0 Å². The van der Waals surface area contributed by atoms with Crippen molar-refractivity contribution in [2.45, 2.75) is 6.92 Å². The molecule has 1 heterocycles. The third-order valence-corrected chi connectivity index (χ3v) is 3.51. The maximum Gasteiger partial charge on any atom is 0.167 e. The Bertz CT molecular complexity index is 624. The van der Waals surface area contributed by atoms with E-state index in [0.717, 1.165) is 27.1 Å². The van der Waals surface area contributed by atoms with E-state index in [1.54, 1.807) is 0 Å². The quantitative estimate of drug-likeness (QED) is 0.659. The molecule has 0 unspecified atom stereocenters. The molecule has 3 heteroatoms. The highest BCUT2D eigenvalue weighted by atomic mass is 79.9. The Kier molecular flexibility index (Phi) is 3.22. The molecule has 0 N–H and O–H groups in total. The molecule has 0 saturated heterocycles. The molecule has 0 aliphatic rings. The molecule has 19 heavy (non-hydrogen) atoms. The van der Waals surface area contributed by atoms with E-state index in [-0.39, 0.29) is 0 Å². The van der Waals surface area contributed by atoms with Gasteiger partial charge in [-0.15, -0.1) is 0 Å². The van der Waals surface area contributed by atoms with E-state index in [0.29, 0.717) is 0 Å². The van der Waals surface area contributed by atoms with Gasteiger partial charge in [-0.05, 0) is 19.1 Å². The second-order valence-electron chi connectivity index (χ2n) is 4.45. The van der Waals surface area contributed by atoms with Crippen molar-refractivity contribution in [3.63, 3.8) is 0 Å². The molecule has 0 bridgehead atoms. The number of nitrogens with zero attached hydrogens (tertiary/aromatic N) is 1. The summed E-state index contributed by atoms with van der Waals surface area (Å²) in [5.41, 5.74) is 4.17. The first-order chi connectivity index (χ1) is 9.22. The summed E-state index contributed by atoms with van der Waals surface area (Å²) in [6.07, 6.45) is 0. The zero-order valence-electron chi connectivity index (χ0n) is 10.4. The summed E-state index contributed by atoms with van der Waals surface area (Å²) in [5, 5.41) is 4.12. The van der Waals surface area contributed by atoms with Crippen LogP contribution in [0, 0.1) is 6.92 Å². The summed E-state index contributed by atoms with van der Waals surface area (Å²) in [7, 11) is 0. The van der Waals surface area contributed by atoms with E-state index in [4.69, 9.17) is 4.52 Å². The van der Waals surface area contributed by atoms with Crippen molar-refractivity contribution in [2.24, 2.45) is 0 Å². The Morgan fingerprint density at radius 1 is 0.895 bits per heavy atom. The lowest BCUT2D eigenvalue weighted by Gasteiger charge is -1.95. The van der Waals surface area contributed by atoms with Gasteiger partial charge in [0.1, 0.15) is 5.69 Å². The number of benzene rings is 2. The minimum Gasteiger partial charge on any atom is -0.356 e. The average molecular weight is 314 g/mol. The molecule has 0 atom stereocenters. The molecule has 3 rings (SSSR count). The fraction of sp³-hybridized carbons (Fsp3) is 0.0625. The van der Waals surface area contributed by atoms with Crippen molar-refractivity contribution in [3.05, 3.63) is 64.6 Å². The number of rotatable bonds is 2. The summed E-state index contributed by atoms with van der Waals surface area (Å²) >= 11 is 3.42. The number of halogens is 1. The monoisotopic (exact) mass is 313 g/mol. The molecule has 0 spiro atoms. The predicted octanol–water partition coefficient (Wildman–Crippen LogP) is 5.08. The molecule has 0 radical (unpaired) electrons.